The lowest BCUT2D eigenvalue weighted by Crippen LogP contribution is -2.13. The van der Waals surface area contributed by atoms with Crippen LogP contribution in [0.4, 0.5) is 10.8 Å². The lowest BCUT2D eigenvalue weighted by Gasteiger charge is -2.05. The van der Waals surface area contributed by atoms with Crippen LogP contribution in [0.15, 0.2) is 60.0 Å². The fourth-order valence-electron chi connectivity index (χ4n) is 2.43. The third-order valence-electron chi connectivity index (χ3n) is 3.72. The molecule has 0 bridgehead atoms. The van der Waals surface area contributed by atoms with Crippen LogP contribution >= 0.6 is 11.3 Å². The molecule has 2 amide bonds. The molecule has 1 aromatic heterocycles. The first-order valence-corrected chi connectivity index (χ1v) is 9.15. The molecule has 0 unspecified atom stereocenters. The fourth-order valence-corrected chi connectivity index (χ4v) is 3.17. The summed E-state index contributed by atoms with van der Waals surface area (Å²) >= 11 is 1.36. The number of benzene rings is 2. The molecular formula is C20H19N3O2S. The van der Waals surface area contributed by atoms with Gasteiger partial charge in [-0.3, -0.25) is 14.9 Å². The number of rotatable bonds is 6. The second-order valence-electron chi connectivity index (χ2n) is 5.88. The van der Waals surface area contributed by atoms with E-state index in [4.69, 9.17) is 0 Å². The summed E-state index contributed by atoms with van der Waals surface area (Å²) in [6, 6.07) is 16.7. The summed E-state index contributed by atoms with van der Waals surface area (Å²) in [5.41, 5.74) is 3.27. The summed E-state index contributed by atoms with van der Waals surface area (Å²) in [5.74, 6) is -0.248. The number of hydrogen-bond donors (Lipinski definition) is 2. The Kier molecular flexibility index (Phi) is 5.76. The van der Waals surface area contributed by atoms with Crippen molar-refractivity contribution in [1.82, 2.24) is 4.98 Å². The number of amides is 2. The van der Waals surface area contributed by atoms with E-state index in [1.165, 1.54) is 11.3 Å². The van der Waals surface area contributed by atoms with Gasteiger partial charge < -0.3 is 5.32 Å². The highest BCUT2D eigenvalue weighted by Crippen LogP contribution is 2.18. The number of anilines is 2. The molecule has 132 valence electrons. The molecule has 6 heteroatoms. The fraction of sp³-hybridized carbons (Fsp3) is 0.150. The molecule has 0 atom stereocenters. The van der Waals surface area contributed by atoms with Crippen molar-refractivity contribution in [3.8, 4) is 0 Å². The normalized spacial score (nSPS) is 10.3. The number of aryl methyl sites for hydroxylation is 2. The van der Waals surface area contributed by atoms with Gasteiger partial charge in [-0.25, -0.2) is 4.98 Å². The van der Waals surface area contributed by atoms with Gasteiger partial charge in [-0.2, -0.15) is 0 Å². The molecule has 0 saturated heterocycles. The van der Waals surface area contributed by atoms with Crippen molar-refractivity contribution in [1.29, 1.82) is 0 Å². The predicted molar refractivity (Wildman–Crippen MR) is 105 cm³/mol. The predicted octanol–water partition coefficient (Wildman–Crippen LogP) is 4.28. The Bertz CT molecular complexity index is 906. The average Bonchev–Trinajstić information content (AvgIpc) is 3.08. The van der Waals surface area contributed by atoms with Crippen LogP contribution in [0.2, 0.25) is 0 Å². The Balaban J connectivity index is 1.50. The van der Waals surface area contributed by atoms with Crippen LogP contribution < -0.4 is 10.6 Å². The molecule has 0 saturated carbocycles. The molecule has 0 aliphatic heterocycles. The van der Waals surface area contributed by atoms with Crippen molar-refractivity contribution < 1.29 is 9.59 Å². The molecule has 2 N–H and O–H groups in total. The zero-order valence-electron chi connectivity index (χ0n) is 14.4. The lowest BCUT2D eigenvalue weighted by atomic mass is 10.2. The maximum atomic E-state index is 12.1. The van der Waals surface area contributed by atoms with Crippen LogP contribution in [0.25, 0.3) is 0 Å². The van der Waals surface area contributed by atoms with Crippen LogP contribution in [0, 0.1) is 6.92 Å². The van der Waals surface area contributed by atoms with E-state index in [9.17, 15) is 9.59 Å². The largest absolute Gasteiger partial charge is 0.326 e. The van der Waals surface area contributed by atoms with E-state index in [2.05, 4.69) is 15.6 Å². The smallest absolute Gasteiger partial charge is 0.257 e. The molecule has 0 fully saturated rings. The van der Waals surface area contributed by atoms with Crippen molar-refractivity contribution in [3.05, 3.63) is 76.8 Å². The Morgan fingerprint density at radius 3 is 2.62 bits per heavy atom. The number of hydrogen-bond acceptors (Lipinski definition) is 4. The third kappa shape index (κ3) is 5.00. The maximum Gasteiger partial charge on any atom is 0.257 e. The van der Waals surface area contributed by atoms with Crippen molar-refractivity contribution in [2.24, 2.45) is 0 Å². The number of aromatic nitrogens is 1. The first kappa shape index (κ1) is 17.8. The van der Waals surface area contributed by atoms with Gasteiger partial charge in [0.2, 0.25) is 5.91 Å². The number of carbonyl (C=O) groups excluding carboxylic acids is 2. The van der Waals surface area contributed by atoms with Gasteiger partial charge in [-0.15, -0.1) is 11.3 Å². The monoisotopic (exact) mass is 365 g/mol. The summed E-state index contributed by atoms with van der Waals surface area (Å²) in [7, 11) is 0. The SMILES string of the molecule is Cc1cccc(NC(=O)CCc2csc(NC(=O)c3ccccc3)n2)c1. The highest BCUT2D eigenvalue weighted by Gasteiger charge is 2.10. The minimum atomic E-state index is -0.191. The molecule has 3 aromatic rings. The summed E-state index contributed by atoms with van der Waals surface area (Å²) in [6.07, 6.45) is 0.860. The average molecular weight is 365 g/mol. The van der Waals surface area contributed by atoms with E-state index in [1.807, 2.05) is 54.8 Å². The molecule has 0 spiro atoms. The second-order valence-corrected chi connectivity index (χ2v) is 6.74. The standard InChI is InChI=1S/C20H19N3O2S/c1-14-6-5-9-16(12-14)21-18(24)11-10-17-13-26-20(22-17)23-19(25)15-7-3-2-4-8-15/h2-9,12-13H,10-11H2,1H3,(H,21,24)(H,22,23,25). The van der Waals surface area contributed by atoms with E-state index in [0.29, 0.717) is 23.5 Å². The molecule has 2 aromatic carbocycles. The summed E-state index contributed by atoms with van der Waals surface area (Å²) in [5, 5.41) is 8.06. The summed E-state index contributed by atoms with van der Waals surface area (Å²) < 4.78 is 0. The van der Waals surface area contributed by atoms with Gasteiger partial charge >= 0.3 is 0 Å². The molecule has 0 aliphatic rings. The van der Waals surface area contributed by atoms with E-state index in [0.717, 1.165) is 16.9 Å². The molecule has 3 rings (SSSR count). The van der Waals surface area contributed by atoms with Crippen molar-refractivity contribution in [2.75, 3.05) is 10.6 Å². The minimum absolute atomic E-state index is 0.0570. The van der Waals surface area contributed by atoms with E-state index in [-0.39, 0.29) is 11.8 Å². The Hall–Kier alpha value is -2.99. The highest BCUT2D eigenvalue weighted by atomic mass is 32.1. The maximum absolute atomic E-state index is 12.1. The number of nitrogens with zero attached hydrogens (tertiary/aromatic N) is 1. The van der Waals surface area contributed by atoms with Gasteiger partial charge in [-0.1, -0.05) is 30.3 Å². The van der Waals surface area contributed by atoms with Crippen LogP contribution in [0.1, 0.15) is 28.0 Å². The van der Waals surface area contributed by atoms with Crippen LogP contribution in [-0.4, -0.2) is 16.8 Å². The van der Waals surface area contributed by atoms with Gasteiger partial charge in [0.05, 0.1) is 5.69 Å². The third-order valence-corrected chi connectivity index (χ3v) is 4.52. The zero-order valence-corrected chi connectivity index (χ0v) is 15.2. The quantitative estimate of drug-likeness (QED) is 0.685. The summed E-state index contributed by atoms with van der Waals surface area (Å²) in [4.78, 5) is 28.5. The Labute approximate surface area is 156 Å². The number of thiazole rings is 1. The molecule has 1 heterocycles. The molecule has 0 radical (unpaired) electrons. The minimum Gasteiger partial charge on any atom is -0.326 e. The van der Waals surface area contributed by atoms with Crippen LogP contribution in [0.5, 0.6) is 0 Å². The highest BCUT2D eigenvalue weighted by molar-refractivity contribution is 7.14. The van der Waals surface area contributed by atoms with Crippen molar-refractivity contribution in [3.63, 3.8) is 0 Å². The van der Waals surface area contributed by atoms with E-state index in [1.54, 1.807) is 12.1 Å². The molecule has 0 aliphatic carbocycles. The van der Waals surface area contributed by atoms with E-state index < -0.39 is 0 Å². The van der Waals surface area contributed by atoms with Gasteiger partial charge in [0, 0.05) is 23.1 Å². The topological polar surface area (TPSA) is 71.1 Å². The van der Waals surface area contributed by atoms with Gasteiger partial charge in [0.25, 0.3) is 5.91 Å². The van der Waals surface area contributed by atoms with Crippen molar-refractivity contribution >= 4 is 34.0 Å². The van der Waals surface area contributed by atoms with Gasteiger partial charge in [-0.05, 0) is 43.2 Å². The molecule has 26 heavy (non-hydrogen) atoms. The summed E-state index contributed by atoms with van der Waals surface area (Å²) in [6.45, 7) is 1.98. The molecule has 5 nitrogen and oxygen atoms in total. The first-order valence-electron chi connectivity index (χ1n) is 8.27. The lowest BCUT2D eigenvalue weighted by molar-refractivity contribution is -0.116. The zero-order chi connectivity index (χ0) is 18.4. The Morgan fingerprint density at radius 1 is 1.04 bits per heavy atom. The molecular weight excluding hydrogens is 346 g/mol. The van der Waals surface area contributed by atoms with Gasteiger partial charge in [0.15, 0.2) is 5.13 Å². The van der Waals surface area contributed by atoms with Gasteiger partial charge in [0.1, 0.15) is 0 Å². The Morgan fingerprint density at radius 2 is 1.85 bits per heavy atom. The first-order chi connectivity index (χ1) is 12.6. The number of carbonyl (C=O) groups is 2. The van der Waals surface area contributed by atoms with Crippen molar-refractivity contribution in [2.45, 2.75) is 19.8 Å². The number of nitrogens with one attached hydrogen (secondary N) is 2. The van der Waals surface area contributed by atoms with Crippen LogP contribution in [-0.2, 0) is 11.2 Å². The second kappa shape index (κ2) is 8.40. The van der Waals surface area contributed by atoms with Crippen LogP contribution in [0.3, 0.4) is 0 Å². The van der Waals surface area contributed by atoms with E-state index >= 15 is 0 Å².